The van der Waals surface area contributed by atoms with Crippen molar-refractivity contribution in [3.63, 3.8) is 0 Å². The molecule has 3 N–H and O–H groups in total. The molecule has 0 saturated heterocycles. The normalized spacial score (nSPS) is 10.2. The molecule has 6 heteroatoms. The third-order valence-corrected chi connectivity index (χ3v) is 2.30. The second-order valence-electron chi connectivity index (χ2n) is 3.68. The molecule has 92 valence electrons. The van der Waals surface area contributed by atoms with Gasteiger partial charge in [-0.1, -0.05) is 6.07 Å². The summed E-state index contributed by atoms with van der Waals surface area (Å²) in [6.45, 7) is 1.21. The second-order valence-corrected chi connectivity index (χ2v) is 3.68. The van der Waals surface area contributed by atoms with E-state index in [4.69, 9.17) is 5.73 Å². The number of pyridine rings is 1. The molecule has 0 saturated carbocycles. The van der Waals surface area contributed by atoms with E-state index in [1.165, 1.54) is 12.4 Å². The fourth-order valence-corrected chi connectivity index (χ4v) is 1.39. The highest BCUT2D eigenvalue weighted by Gasteiger charge is 2.02. The molecule has 0 aliphatic rings. The number of hydrogen-bond acceptors (Lipinski definition) is 5. The standard InChI is InChI=1S/C12H13N5O/c13-12(18)11-8-16-10(7-17-11)6-14-5-9-3-1-2-4-15-9/h1-4,7-8,14H,5-6H2,(H2,13,18). The molecule has 2 heterocycles. The molecule has 0 aromatic carbocycles. The van der Waals surface area contributed by atoms with Crippen molar-refractivity contribution >= 4 is 5.91 Å². The molecule has 0 atom stereocenters. The maximum absolute atomic E-state index is 10.8. The predicted octanol–water partition coefficient (Wildman–Crippen LogP) is 0.260. The number of hydrogen-bond donors (Lipinski definition) is 2. The molecule has 2 aromatic rings. The van der Waals surface area contributed by atoms with E-state index in [0.29, 0.717) is 13.1 Å². The van der Waals surface area contributed by atoms with Gasteiger partial charge in [-0.2, -0.15) is 0 Å². The smallest absolute Gasteiger partial charge is 0.268 e. The average molecular weight is 243 g/mol. The molecule has 0 fully saturated rings. The molecule has 6 nitrogen and oxygen atoms in total. The SMILES string of the molecule is NC(=O)c1cnc(CNCc2ccccn2)cn1. The number of nitrogens with zero attached hydrogens (tertiary/aromatic N) is 3. The zero-order valence-electron chi connectivity index (χ0n) is 9.71. The molecular formula is C12H13N5O. The van der Waals surface area contributed by atoms with Crippen LogP contribution in [0, 0.1) is 0 Å². The first kappa shape index (κ1) is 12.1. The lowest BCUT2D eigenvalue weighted by atomic mass is 10.3. The monoisotopic (exact) mass is 243 g/mol. The van der Waals surface area contributed by atoms with E-state index in [1.807, 2.05) is 18.2 Å². The highest BCUT2D eigenvalue weighted by Crippen LogP contribution is 1.96. The summed E-state index contributed by atoms with van der Waals surface area (Å²) < 4.78 is 0. The number of carbonyl (C=O) groups is 1. The summed E-state index contributed by atoms with van der Waals surface area (Å²) in [7, 11) is 0. The summed E-state index contributed by atoms with van der Waals surface area (Å²) >= 11 is 0. The zero-order chi connectivity index (χ0) is 12.8. The van der Waals surface area contributed by atoms with Gasteiger partial charge in [0, 0.05) is 19.3 Å². The fraction of sp³-hybridized carbons (Fsp3) is 0.167. The number of nitrogens with one attached hydrogen (secondary N) is 1. The largest absolute Gasteiger partial charge is 0.364 e. The van der Waals surface area contributed by atoms with Crippen LogP contribution in [-0.4, -0.2) is 20.9 Å². The molecule has 2 rings (SSSR count). The number of aromatic nitrogens is 3. The summed E-state index contributed by atoms with van der Waals surface area (Å²) in [6.07, 6.45) is 4.66. The van der Waals surface area contributed by atoms with E-state index < -0.39 is 5.91 Å². The van der Waals surface area contributed by atoms with Gasteiger partial charge in [0.05, 0.1) is 23.8 Å². The number of rotatable bonds is 5. The Bertz CT molecular complexity index is 512. The third-order valence-electron chi connectivity index (χ3n) is 2.30. The maximum Gasteiger partial charge on any atom is 0.268 e. The number of amides is 1. The minimum Gasteiger partial charge on any atom is -0.364 e. The molecule has 0 bridgehead atoms. The maximum atomic E-state index is 10.8. The predicted molar refractivity (Wildman–Crippen MR) is 65.3 cm³/mol. The molecule has 0 unspecified atom stereocenters. The third kappa shape index (κ3) is 3.33. The minimum atomic E-state index is -0.574. The van der Waals surface area contributed by atoms with Gasteiger partial charge in [-0.25, -0.2) is 4.98 Å². The van der Waals surface area contributed by atoms with Crippen molar-refractivity contribution < 1.29 is 4.79 Å². The molecule has 0 aliphatic carbocycles. The van der Waals surface area contributed by atoms with Crippen LogP contribution < -0.4 is 11.1 Å². The summed E-state index contributed by atoms with van der Waals surface area (Å²) in [6, 6.07) is 5.75. The van der Waals surface area contributed by atoms with E-state index in [2.05, 4.69) is 20.3 Å². The van der Waals surface area contributed by atoms with Crippen LogP contribution in [0.3, 0.4) is 0 Å². The fourth-order valence-electron chi connectivity index (χ4n) is 1.39. The lowest BCUT2D eigenvalue weighted by Crippen LogP contribution is -2.17. The Balaban J connectivity index is 1.85. The van der Waals surface area contributed by atoms with E-state index >= 15 is 0 Å². The highest BCUT2D eigenvalue weighted by molar-refractivity contribution is 5.90. The van der Waals surface area contributed by atoms with Gasteiger partial charge < -0.3 is 11.1 Å². The Morgan fingerprint density at radius 1 is 1.11 bits per heavy atom. The molecular weight excluding hydrogens is 230 g/mol. The topological polar surface area (TPSA) is 93.8 Å². The number of carbonyl (C=O) groups excluding carboxylic acids is 1. The zero-order valence-corrected chi connectivity index (χ0v) is 9.71. The van der Waals surface area contributed by atoms with Crippen molar-refractivity contribution in [3.05, 3.63) is 53.9 Å². The van der Waals surface area contributed by atoms with Crippen molar-refractivity contribution in [2.24, 2.45) is 5.73 Å². The quantitative estimate of drug-likeness (QED) is 0.785. The van der Waals surface area contributed by atoms with Gasteiger partial charge in [0.25, 0.3) is 5.91 Å². The van der Waals surface area contributed by atoms with Crippen LogP contribution >= 0.6 is 0 Å². The van der Waals surface area contributed by atoms with Gasteiger partial charge >= 0.3 is 0 Å². The van der Waals surface area contributed by atoms with Crippen LogP contribution in [0.25, 0.3) is 0 Å². The van der Waals surface area contributed by atoms with Crippen LogP contribution in [0.2, 0.25) is 0 Å². The van der Waals surface area contributed by atoms with Crippen molar-refractivity contribution in [1.29, 1.82) is 0 Å². The molecule has 18 heavy (non-hydrogen) atoms. The van der Waals surface area contributed by atoms with Gasteiger partial charge in [-0.15, -0.1) is 0 Å². The van der Waals surface area contributed by atoms with Crippen LogP contribution in [0.4, 0.5) is 0 Å². The summed E-state index contributed by atoms with van der Waals surface area (Å²) in [5, 5.41) is 3.19. The van der Waals surface area contributed by atoms with E-state index in [-0.39, 0.29) is 5.69 Å². The number of primary amides is 1. The Morgan fingerprint density at radius 3 is 2.56 bits per heavy atom. The Labute approximate surface area is 104 Å². The molecule has 0 spiro atoms. The van der Waals surface area contributed by atoms with E-state index in [9.17, 15) is 4.79 Å². The first-order valence-electron chi connectivity index (χ1n) is 5.47. The molecule has 1 amide bonds. The molecule has 2 aromatic heterocycles. The van der Waals surface area contributed by atoms with E-state index in [1.54, 1.807) is 6.20 Å². The molecule has 0 radical (unpaired) electrons. The Kier molecular flexibility index (Phi) is 3.93. The van der Waals surface area contributed by atoms with Crippen molar-refractivity contribution in [1.82, 2.24) is 20.3 Å². The van der Waals surface area contributed by atoms with Crippen molar-refractivity contribution in [3.8, 4) is 0 Å². The van der Waals surface area contributed by atoms with Gasteiger partial charge in [0.2, 0.25) is 0 Å². The van der Waals surface area contributed by atoms with E-state index in [0.717, 1.165) is 11.4 Å². The van der Waals surface area contributed by atoms with Gasteiger partial charge in [0.15, 0.2) is 0 Å². The molecule has 0 aliphatic heterocycles. The first-order chi connectivity index (χ1) is 8.75. The summed E-state index contributed by atoms with van der Waals surface area (Å²) in [5.74, 6) is -0.574. The van der Waals surface area contributed by atoms with Gasteiger partial charge in [-0.3, -0.25) is 14.8 Å². The Morgan fingerprint density at radius 2 is 1.94 bits per heavy atom. The minimum absolute atomic E-state index is 0.170. The summed E-state index contributed by atoms with van der Waals surface area (Å²) in [5.41, 5.74) is 6.95. The van der Waals surface area contributed by atoms with Crippen molar-refractivity contribution in [2.45, 2.75) is 13.1 Å². The number of nitrogens with two attached hydrogens (primary N) is 1. The van der Waals surface area contributed by atoms with Crippen LogP contribution in [0.15, 0.2) is 36.8 Å². The highest BCUT2D eigenvalue weighted by atomic mass is 16.1. The van der Waals surface area contributed by atoms with Gasteiger partial charge in [-0.05, 0) is 12.1 Å². The van der Waals surface area contributed by atoms with Crippen molar-refractivity contribution in [2.75, 3.05) is 0 Å². The average Bonchev–Trinajstić information content (AvgIpc) is 2.40. The lowest BCUT2D eigenvalue weighted by molar-refractivity contribution is 0.0995. The van der Waals surface area contributed by atoms with Crippen LogP contribution in [-0.2, 0) is 13.1 Å². The second kappa shape index (κ2) is 5.83. The van der Waals surface area contributed by atoms with Crippen LogP contribution in [0.1, 0.15) is 21.9 Å². The van der Waals surface area contributed by atoms with Crippen LogP contribution in [0.5, 0.6) is 0 Å². The lowest BCUT2D eigenvalue weighted by Gasteiger charge is -2.03. The Hall–Kier alpha value is -2.34. The first-order valence-corrected chi connectivity index (χ1v) is 5.47. The van der Waals surface area contributed by atoms with Gasteiger partial charge in [0.1, 0.15) is 5.69 Å². The summed E-state index contributed by atoms with van der Waals surface area (Å²) in [4.78, 5) is 23.0.